The quantitative estimate of drug-likeness (QED) is 0.682. The number of sulfonamides is 1. The van der Waals surface area contributed by atoms with E-state index < -0.39 is 10.0 Å². The minimum atomic E-state index is -3.60. The van der Waals surface area contributed by atoms with Crippen LogP contribution >= 0.6 is 11.3 Å². The van der Waals surface area contributed by atoms with Crippen molar-refractivity contribution in [1.82, 2.24) is 19.3 Å². The standard InChI is InChI=1S/C19H24N4O5S2/c24-19(22-7-9-27-10-8-22)14-3-5-23(6-4-14)30(25,26)16-11-15(12-29-16)17-20-18(28-21-17)13-1-2-13/h11-14H,1-10H2. The Morgan fingerprint density at radius 1 is 1.10 bits per heavy atom. The minimum Gasteiger partial charge on any atom is -0.378 e. The largest absolute Gasteiger partial charge is 0.378 e. The first kappa shape index (κ1) is 20.1. The number of aromatic nitrogens is 2. The van der Waals surface area contributed by atoms with Gasteiger partial charge in [-0.05, 0) is 31.7 Å². The molecule has 1 saturated carbocycles. The fraction of sp³-hybridized carbons (Fsp3) is 0.632. The molecule has 11 heteroatoms. The van der Waals surface area contributed by atoms with Gasteiger partial charge in [-0.1, -0.05) is 5.16 Å². The van der Waals surface area contributed by atoms with Gasteiger partial charge in [0.05, 0.1) is 13.2 Å². The predicted octanol–water partition coefficient (Wildman–Crippen LogP) is 1.94. The molecule has 1 amide bonds. The van der Waals surface area contributed by atoms with Gasteiger partial charge in [0.1, 0.15) is 4.21 Å². The van der Waals surface area contributed by atoms with E-state index in [0.29, 0.717) is 75.4 Å². The van der Waals surface area contributed by atoms with E-state index in [0.717, 1.165) is 12.8 Å². The molecule has 9 nitrogen and oxygen atoms in total. The maximum atomic E-state index is 13.1. The zero-order valence-electron chi connectivity index (χ0n) is 16.5. The molecule has 2 aromatic rings. The second-order valence-electron chi connectivity index (χ2n) is 8.00. The highest BCUT2D eigenvalue weighted by Gasteiger charge is 2.35. The Labute approximate surface area is 179 Å². The molecular weight excluding hydrogens is 428 g/mol. The highest BCUT2D eigenvalue weighted by Crippen LogP contribution is 2.40. The van der Waals surface area contributed by atoms with Crippen molar-refractivity contribution in [2.24, 2.45) is 5.92 Å². The van der Waals surface area contributed by atoms with E-state index in [1.165, 1.54) is 15.6 Å². The average molecular weight is 453 g/mol. The van der Waals surface area contributed by atoms with E-state index in [4.69, 9.17) is 9.26 Å². The summed E-state index contributed by atoms with van der Waals surface area (Å²) < 4.78 is 38.5. The van der Waals surface area contributed by atoms with Crippen molar-refractivity contribution in [3.63, 3.8) is 0 Å². The normalized spacial score (nSPS) is 21.8. The molecule has 0 spiro atoms. The van der Waals surface area contributed by atoms with Gasteiger partial charge in [0.25, 0.3) is 10.0 Å². The molecular formula is C19H24N4O5S2. The fourth-order valence-electron chi connectivity index (χ4n) is 3.93. The van der Waals surface area contributed by atoms with E-state index in [1.54, 1.807) is 11.4 Å². The van der Waals surface area contributed by atoms with Crippen LogP contribution in [0.25, 0.3) is 11.4 Å². The zero-order chi connectivity index (χ0) is 20.7. The van der Waals surface area contributed by atoms with Crippen molar-refractivity contribution in [3.05, 3.63) is 17.3 Å². The molecule has 3 fully saturated rings. The molecule has 30 heavy (non-hydrogen) atoms. The van der Waals surface area contributed by atoms with Crippen LogP contribution in [0.3, 0.4) is 0 Å². The molecule has 2 saturated heterocycles. The summed E-state index contributed by atoms with van der Waals surface area (Å²) >= 11 is 1.17. The van der Waals surface area contributed by atoms with Crippen molar-refractivity contribution in [3.8, 4) is 11.4 Å². The van der Waals surface area contributed by atoms with Gasteiger partial charge in [-0.3, -0.25) is 4.79 Å². The Kier molecular flexibility index (Phi) is 5.38. The molecule has 1 aliphatic carbocycles. The second-order valence-corrected chi connectivity index (χ2v) is 11.1. The number of carbonyl (C=O) groups excluding carboxylic acids is 1. The first-order chi connectivity index (χ1) is 14.5. The van der Waals surface area contributed by atoms with Gasteiger partial charge in [-0.25, -0.2) is 8.42 Å². The lowest BCUT2D eigenvalue weighted by molar-refractivity contribution is -0.140. The molecule has 2 aromatic heterocycles. The number of amides is 1. The van der Waals surface area contributed by atoms with Gasteiger partial charge in [0, 0.05) is 49.0 Å². The number of rotatable bonds is 5. The number of carbonyl (C=O) groups is 1. The number of hydrogen-bond donors (Lipinski definition) is 0. The average Bonchev–Trinajstić information content (AvgIpc) is 3.29. The Bertz CT molecular complexity index is 1020. The van der Waals surface area contributed by atoms with E-state index in [9.17, 15) is 13.2 Å². The number of nitrogens with zero attached hydrogens (tertiary/aromatic N) is 4. The lowest BCUT2D eigenvalue weighted by Crippen LogP contribution is -2.47. The maximum Gasteiger partial charge on any atom is 0.252 e. The molecule has 0 atom stereocenters. The summed E-state index contributed by atoms with van der Waals surface area (Å²) in [4.78, 5) is 18.9. The van der Waals surface area contributed by atoms with Gasteiger partial charge < -0.3 is 14.2 Å². The van der Waals surface area contributed by atoms with E-state index in [2.05, 4.69) is 10.1 Å². The van der Waals surface area contributed by atoms with Crippen LogP contribution in [0.5, 0.6) is 0 Å². The SMILES string of the molecule is O=C(C1CCN(S(=O)(=O)c2cc(-c3noc(C4CC4)n3)cs2)CC1)N1CCOCC1. The van der Waals surface area contributed by atoms with E-state index >= 15 is 0 Å². The van der Waals surface area contributed by atoms with E-state index in [1.807, 2.05) is 4.90 Å². The molecule has 162 valence electrons. The van der Waals surface area contributed by atoms with Crippen LogP contribution in [0, 0.1) is 5.92 Å². The molecule has 5 rings (SSSR count). The first-order valence-corrected chi connectivity index (χ1v) is 12.6. The van der Waals surface area contributed by atoms with Crippen LogP contribution < -0.4 is 0 Å². The summed E-state index contributed by atoms with van der Waals surface area (Å²) in [6.07, 6.45) is 3.22. The van der Waals surface area contributed by atoms with Gasteiger partial charge in [0.2, 0.25) is 17.6 Å². The highest BCUT2D eigenvalue weighted by atomic mass is 32.2. The van der Waals surface area contributed by atoms with Crippen molar-refractivity contribution in [2.45, 2.75) is 35.8 Å². The number of morpholine rings is 1. The van der Waals surface area contributed by atoms with Gasteiger partial charge in [-0.15, -0.1) is 11.3 Å². The molecule has 2 aliphatic heterocycles. The number of hydrogen-bond acceptors (Lipinski definition) is 8. The van der Waals surface area contributed by atoms with Crippen molar-refractivity contribution >= 4 is 27.3 Å². The lowest BCUT2D eigenvalue weighted by atomic mass is 9.96. The second kappa shape index (κ2) is 8.03. The Balaban J connectivity index is 1.23. The molecule has 0 N–H and O–H groups in total. The van der Waals surface area contributed by atoms with E-state index in [-0.39, 0.29) is 16.0 Å². The molecule has 3 aliphatic rings. The third-order valence-corrected chi connectivity index (χ3v) is 9.24. The Hall–Kier alpha value is -1.82. The number of ether oxygens (including phenoxy) is 1. The third kappa shape index (κ3) is 3.91. The van der Waals surface area contributed by atoms with Gasteiger partial charge in [0.15, 0.2) is 0 Å². The van der Waals surface area contributed by atoms with Crippen LogP contribution in [-0.4, -0.2) is 73.1 Å². The predicted molar refractivity (Wildman–Crippen MR) is 108 cm³/mol. The maximum absolute atomic E-state index is 13.1. The van der Waals surface area contributed by atoms with Gasteiger partial charge in [-0.2, -0.15) is 9.29 Å². The Morgan fingerprint density at radius 2 is 1.83 bits per heavy atom. The molecule has 0 radical (unpaired) electrons. The van der Waals surface area contributed by atoms with Crippen LogP contribution in [-0.2, 0) is 19.6 Å². The monoisotopic (exact) mass is 452 g/mol. The van der Waals surface area contributed by atoms with Crippen LogP contribution in [0.1, 0.15) is 37.5 Å². The first-order valence-electron chi connectivity index (χ1n) is 10.3. The summed E-state index contributed by atoms with van der Waals surface area (Å²) in [6, 6.07) is 1.62. The van der Waals surface area contributed by atoms with Crippen molar-refractivity contribution < 1.29 is 22.5 Å². The summed E-state index contributed by atoms with van der Waals surface area (Å²) in [7, 11) is -3.60. The van der Waals surface area contributed by atoms with Crippen molar-refractivity contribution in [2.75, 3.05) is 39.4 Å². The Morgan fingerprint density at radius 3 is 2.53 bits per heavy atom. The molecule has 0 aromatic carbocycles. The summed E-state index contributed by atoms with van der Waals surface area (Å²) in [5.74, 6) is 1.43. The van der Waals surface area contributed by atoms with Crippen LogP contribution in [0.4, 0.5) is 0 Å². The summed E-state index contributed by atoms with van der Waals surface area (Å²) in [6.45, 7) is 3.08. The number of piperidine rings is 1. The fourth-order valence-corrected chi connectivity index (χ4v) is 6.71. The summed E-state index contributed by atoms with van der Waals surface area (Å²) in [5, 5.41) is 5.74. The lowest BCUT2D eigenvalue weighted by Gasteiger charge is -2.34. The number of thiophene rings is 1. The highest BCUT2D eigenvalue weighted by molar-refractivity contribution is 7.91. The summed E-state index contributed by atoms with van der Waals surface area (Å²) in [5.41, 5.74) is 0.659. The molecule has 4 heterocycles. The van der Waals surface area contributed by atoms with Crippen LogP contribution in [0.15, 0.2) is 20.2 Å². The molecule has 0 unspecified atom stereocenters. The minimum absolute atomic E-state index is 0.117. The van der Waals surface area contributed by atoms with Gasteiger partial charge >= 0.3 is 0 Å². The van der Waals surface area contributed by atoms with Crippen LogP contribution in [0.2, 0.25) is 0 Å². The molecule has 0 bridgehead atoms. The van der Waals surface area contributed by atoms with Crippen molar-refractivity contribution in [1.29, 1.82) is 0 Å². The zero-order valence-corrected chi connectivity index (χ0v) is 18.2. The third-order valence-electron chi connectivity index (χ3n) is 5.92. The topological polar surface area (TPSA) is 106 Å². The smallest absolute Gasteiger partial charge is 0.252 e.